The highest BCUT2D eigenvalue weighted by Crippen LogP contribution is 1.87. The van der Waals surface area contributed by atoms with E-state index in [1.54, 1.807) is 14.1 Å². The minimum atomic E-state index is -0.0452. The zero-order valence-electron chi connectivity index (χ0n) is 8.13. The minimum Gasteiger partial charge on any atom is -0.335 e. The van der Waals surface area contributed by atoms with E-state index in [1.165, 1.54) is 4.90 Å². The molecule has 1 N–H and O–H groups in total. The van der Waals surface area contributed by atoms with Crippen molar-refractivity contribution in [2.75, 3.05) is 20.6 Å². The van der Waals surface area contributed by atoms with E-state index in [9.17, 15) is 4.79 Å². The van der Waals surface area contributed by atoms with Gasteiger partial charge >= 0.3 is 6.03 Å². The lowest BCUT2D eigenvalue weighted by molar-refractivity contribution is 0.218. The van der Waals surface area contributed by atoms with Crippen LogP contribution in [0.5, 0.6) is 0 Å². The van der Waals surface area contributed by atoms with Crippen LogP contribution in [0.4, 0.5) is 4.79 Å². The number of unbranched alkanes of at least 4 members (excludes halogenated alkanes) is 1. The molecule has 0 saturated heterocycles. The van der Waals surface area contributed by atoms with Gasteiger partial charge in [-0.1, -0.05) is 25.5 Å². The van der Waals surface area contributed by atoms with E-state index < -0.39 is 0 Å². The van der Waals surface area contributed by atoms with Gasteiger partial charge in [0.25, 0.3) is 0 Å². The van der Waals surface area contributed by atoms with Gasteiger partial charge in [-0.15, -0.1) is 0 Å². The Balaban J connectivity index is 3.37. The number of nitrogens with zero attached hydrogens (tertiary/aromatic N) is 1. The van der Waals surface area contributed by atoms with Crippen LogP contribution in [-0.4, -0.2) is 31.6 Å². The molecule has 0 aliphatic heterocycles. The van der Waals surface area contributed by atoms with Gasteiger partial charge in [0.15, 0.2) is 0 Å². The number of carbonyl (C=O) groups is 1. The van der Waals surface area contributed by atoms with Crippen molar-refractivity contribution >= 4 is 6.03 Å². The van der Waals surface area contributed by atoms with Crippen LogP contribution in [0.15, 0.2) is 12.2 Å². The van der Waals surface area contributed by atoms with E-state index in [0.717, 1.165) is 12.8 Å². The number of carbonyl (C=O) groups excluding carboxylic acids is 1. The summed E-state index contributed by atoms with van der Waals surface area (Å²) in [5.74, 6) is 0. The van der Waals surface area contributed by atoms with Crippen LogP contribution in [0.1, 0.15) is 19.8 Å². The number of urea groups is 1. The van der Waals surface area contributed by atoms with Crippen LogP contribution in [0.25, 0.3) is 0 Å². The molecule has 0 bridgehead atoms. The number of rotatable bonds is 4. The summed E-state index contributed by atoms with van der Waals surface area (Å²) in [7, 11) is 3.45. The topological polar surface area (TPSA) is 32.3 Å². The fourth-order valence-corrected chi connectivity index (χ4v) is 0.672. The van der Waals surface area contributed by atoms with Crippen LogP contribution in [0.3, 0.4) is 0 Å². The summed E-state index contributed by atoms with van der Waals surface area (Å²) in [6, 6.07) is -0.0452. The summed E-state index contributed by atoms with van der Waals surface area (Å²) in [5, 5.41) is 2.74. The molecule has 0 saturated carbocycles. The van der Waals surface area contributed by atoms with Gasteiger partial charge in [0.2, 0.25) is 0 Å². The third-order valence-electron chi connectivity index (χ3n) is 1.40. The third kappa shape index (κ3) is 5.77. The monoisotopic (exact) mass is 170 g/mol. The molecule has 0 aromatic rings. The summed E-state index contributed by atoms with van der Waals surface area (Å²) >= 11 is 0. The molecular formula is C9H18N2O. The summed E-state index contributed by atoms with van der Waals surface area (Å²) < 4.78 is 0. The fourth-order valence-electron chi connectivity index (χ4n) is 0.672. The van der Waals surface area contributed by atoms with E-state index in [0.29, 0.717) is 6.54 Å². The first-order chi connectivity index (χ1) is 5.68. The van der Waals surface area contributed by atoms with Crippen molar-refractivity contribution in [3.05, 3.63) is 12.2 Å². The van der Waals surface area contributed by atoms with Crippen molar-refractivity contribution in [3.8, 4) is 0 Å². The van der Waals surface area contributed by atoms with Gasteiger partial charge in [-0.25, -0.2) is 4.79 Å². The molecule has 0 aromatic carbocycles. The Morgan fingerprint density at radius 2 is 2.08 bits per heavy atom. The molecule has 0 radical (unpaired) electrons. The first kappa shape index (κ1) is 11.0. The van der Waals surface area contributed by atoms with Crippen LogP contribution in [0, 0.1) is 0 Å². The Morgan fingerprint density at radius 1 is 1.42 bits per heavy atom. The molecule has 3 heteroatoms. The lowest BCUT2D eigenvalue weighted by Gasteiger charge is -2.09. The second kappa shape index (κ2) is 6.70. The second-order valence-corrected chi connectivity index (χ2v) is 2.84. The normalized spacial score (nSPS) is 10.2. The van der Waals surface area contributed by atoms with E-state index in [1.807, 2.05) is 6.08 Å². The summed E-state index contributed by atoms with van der Waals surface area (Å²) in [5.41, 5.74) is 0. The van der Waals surface area contributed by atoms with E-state index >= 15 is 0 Å². The Hall–Kier alpha value is -0.990. The maximum absolute atomic E-state index is 11.0. The number of hydrogen-bond donors (Lipinski definition) is 1. The average Bonchev–Trinajstić information content (AvgIpc) is 2.03. The van der Waals surface area contributed by atoms with Crippen molar-refractivity contribution in [2.24, 2.45) is 0 Å². The fraction of sp³-hybridized carbons (Fsp3) is 0.667. The molecule has 3 nitrogen and oxygen atoms in total. The van der Waals surface area contributed by atoms with Crippen LogP contribution < -0.4 is 5.32 Å². The van der Waals surface area contributed by atoms with Gasteiger partial charge in [-0.2, -0.15) is 0 Å². The third-order valence-corrected chi connectivity index (χ3v) is 1.40. The van der Waals surface area contributed by atoms with Crippen LogP contribution in [-0.2, 0) is 0 Å². The Labute approximate surface area is 74.4 Å². The summed E-state index contributed by atoms with van der Waals surface area (Å²) in [6.45, 7) is 2.75. The van der Waals surface area contributed by atoms with Crippen molar-refractivity contribution in [1.82, 2.24) is 10.2 Å². The quantitative estimate of drug-likeness (QED) is 0.639. The molecule has 70 valence electrons. The highest BCUT2D eigenvalue weighted by Gasteiger charge is 1.97. The molecule has 0 atom stereocenters. The minimum absolute atomic E-state index is 0.0452. The van der Waals surface area contributed by atoms with Gasteiger partial charge in [0.1, 0.15) is 0 Å². The lowest BCUT2D eigenvalue weighted by atomic mass is 10.3. The van der Waals surface area contributed by atoms with Gasteiger partial charge < -0.3 is 10.2 Å². The van der Waals surface area contributed by atoms with E-state index in [2.05, 4.69) is 18.3 Å². The largest absolute Gasteiger partial charge is 0.335 e. The van der Waals surface area contributed by atoms with Gasteiger partial charge in [0.05, 0.1) is 0 Å². The van der Waals surface area contributed by atoms with E-state index in [-0.39, 0.29) is 6.03 Å². The average molecular weight is 170 g/mol. The van der Waals surface area contributed by atoms with Gasteiger partial charge in [-0.3, -0.25) is 0 Å². The molecule has 0 rings (SSSR count). The van der Waals surface area contributed by atoms with Gasteiger partial charge in [-0.05, 0) is 6.42 Å². The molecule has 0 aromatic heterocycles. The van der Waals surface area contributed by atoms with Crippen molar-refractivity contribution < 1.29 is 4.79 Å². The zero-order chi connectivity index (χ0) is 9.40. The maximum atomic E-state index is 11.0. The molecule has 0 heterocycles. The smallest absolute Gasteiger partial charge is 0.317 e. The Kier molecular flexibility index (Phi) is 6.15. The number of allylic oxidation sites excluding steroid dienone is 1. The molecule has 12 heavy (non-hydrogen) atoms. The van der Waals surface area contributed by atoms with Crippen LogP contribution >= 0.6 is 0 Å². The number of amides is 2. The molecular weight excluding hydrogens is 152 g/mol. The van der Waals surface area contributed by atoms with Gasteiger partial charge in [0, 0.05) is 20.6 Å². The SMILES string of the molecule is CCC/C=C/CNC(=O)N(C)C. The maximum Gasteiger partial charge on any atom is 0.317 e. The van der Waals surface area contributed by atoms with E-state index in [4.69, 9.17) is 0 Å². The molecule has 0 fully saturated rings. The molecule has 0 unspecified atom stereocenters. The first-order valence-electron chi connectivity index (χ1n) is 4.28. The zero-order valence-corrected chi connectivity index (χ0v) is 8.13. The second-order valence-electron chi connectivity index (χ2n) is 2.84. The summed E-state index contributed by atoms with van der Waals surface area (Å²) in [6.07, 6.45) is 6.29. The first-order valence-corrected chi connectivity index (χ1v) is 4.28. The van der Waals surface area contributed by atoms with Crippen molar-refractivity contribution in [1.29, 1.82) is 0 Å². The lowest BCUT2D eigenvalue weighted by Crippen LogP contribution is -2.34. The molecule has 0 spiro atoms. The highest BCUT2D eigenvalue weighted by atomic mass is 16.2. The van der Waals surface area contributed by atoms with Crippen LogP contribution in [0.2, 0.25) is 0 Å². The standard InChI is InChI=1S/C9H18N2O/c1-4-5-6-7-8-10-9(12)11(2)3/h6-7H,4-5,8H2,1-3H3,(H,10,12)/b7-6+. The number of nitrogens with one attached hydrogen (secondary N) is 1. The Morgan fingerprint density at radius 3 is 2.58 bits per heavy atom. The highest BCUT2D eigenvalue weighted by molar-refractivity contribution is 5.73. The van der Waals surface area contributed by atoms with Crippen molar-refractivity contribution in [3.63, 3.8) is 0 Å². The molecule has 0 aliphatic carbocycles. The predicted molar refractivity (Wildman–Crippen MR) is 51.1 cm³/mol. The molecule has 0 aliphatic rings. The predicted octanol–water partition coefficient (Wildman–Crippen LogP) is 1.61. The number of hydrogen-bond acceptors (Lipinski definition) is 1. The molecule has 2 amide bonds. The Bertz CT molecular complexity index is 153. The summed E-state index contributed by atoms with van der Waals surface area (Å²) in [4.78, 5) is 12.5. The van der Waals surface area contributed by atoms with Crippen molar-refractivity contribution in [2.45, 2.75) is 19.8 Å².